The summed E-state index contributed by atoms with van der Waals surface area (Å²) in [6.45, 7) is 0. The van der Waals surface area contributed by atoms with E-state index < -0.39 is 11.6 Å². The topological polar surface area (TPSA) is 48.2 Å². The Morgan fingerprint density at radius 3 is 2.26 bits per heavy atom. The monoisotopic (exact) mass is 257 g/mol. The minimum atomic E-state index is -0.550. The van der Waals surface area contributed by atoms with Gasteiger partial charge in [0.05, 0.1) is 5.69 Å². The molecule has 19 heavy (non-hydrogen) atoms. The Balaban J connectivity index is 2.30. The summed E-state index contributed by atoms with van der Waals surface area (Å²) in [7, 11) is 0. The van der Waals surface area contributed by atoms with Gasteiger partial charge in [0.1, 0.15) is 23.4 Å². The molecule has 0 unspecified atom stereocenters. The molecule has 0 amide bonds. The number of amidine groups is 1. The average Bonchev–Trinajstić information content (AvgIpc) is 2.42. The van der Waals surface area contributed by atoms with E-state index in [1.54, 1.807) is 18.2 Å². The Bertz CT molecular complexity index is 660. The number of rotatable bonds is 2. The molecular weight excluding hydrogens is 248 g/mol. The van der Waals surface area contributed by atoms with E-state index in [0.29, 0.717) is 0 Å². The third-order valence-corrected chi connectivity index (χ3v) is 2.32. The molecule has 2 aromatic carbocycles. The van der Waals surface area contributed by atoms with E-state index in [-0.39, 0.29) is 17.2 Å². The zero-order valence-electron chi connectivity index (χ0n) is 9.77. The second-order valence-corrected chi connectivity index (χ2v) is 3.63. The minimum Gasteiger partial charge on any atom is -0.329 e. The molecule has 1 N–H and O–H groups in total. The highest BCUT2D eigenvalue weighted by Crippen LogP contribution is 2.18. The number of nitrogens with one attached hydrogen (secondary N) is 1. The number of hydrogen-bond acceptors (Lipinski definition) is 2. The smallest absolute Gasteiger partial charge is 0.211 e. The van der Waals surface area contributed by atoms with Gasteiger partial charge < -0.3 is 5.32 Å². The van der Waals surface area contributed by atoms with Crippen LogP contribution in [0.4, 0.5) is 20.2 Å². The molecule has 0 aliphatic rings. The fourth-order valence-electron chi connectivity index (χ4n) is 1.43. The number of aliphatic imine (C=N–C) groups is 1. The first-order valence-electron chi connectivity index (χ1n) is 5.45. The van der Waals surface area contributed by atoms with Crippen LogP contribution in [0.2, 0.25) is 0 Å². The SMILES string of the molecule is N#CC(=Nc1ccccc1F)Nc1ccccc1F. The average molecular weight is 257 g/mol. The van der Waals surface area contributed by atoms with Crippen molar-refractivity contribution in [3.8, 4) is 6.07 Å². The van der Waals surface area contributed by atoms with Gasteiger partial charge in [-0.2, -0.15) is 5.26 Å². The molecule has 94 valence electrons. The first-order valence-corrected chi connectivity index (χ1v) is 5.45. The third kappa shape index (κ3) is 3.13. The van der Waals surface area contributed by atoms with E-state index in [2.05, 4.69) is 10.3 Å². The van der Waals surface area contributed by atoms with Gasteiger partial charge in [-0.05, 0) is 24.3 Å². The fraction of sp³-hybridized carbons (Fsp3) is 0. The third-order valence-electron chi connectivity index (χ3n) is 2.32. The van der Waals surface area contributed by atoms with E-state index in [1.165, 1.54) is 36.4 Å². The maximum atomic E-state index is 13.4. The molecule has 2 aromatic rings. The number of para-hydroxylation sites is 2. The van der Waals surface area contributed by atoms with Crippen molar-refractivity contribution in [1.82, 2.24) is 0 Å². The summed E-state index contributed by atoms with van der Waals surface area (Å²) in [5, 5.41) is 11.5. The Morgan fingerprint density at radius 1 is 1.00 bits per heavy atom. The molecule has 0 aliphatic carbocycles. The molecule has 0 radical (unpaired) electrons. The fourth-order valence-corrected chi connectivity index (χ4v) is 1.43. The van der Waals surface area contributed by atoms with E-state index in [4.69, 9.17) is 5.26 Å². The summed E-state index contributed by atoms with van der Waals surface area (Å²) in [6, 6.07) is 13.4. The maximum absolute atomic E-state index is 13.4. The largest absolute Gasteiger partial charge is 0.329 e. The second kappa shape index (κ2) is 5.74. The Labute approximate surface area is 108 Å². The van der Waals surface area contributed by atoms with E-state index in [9.17, 15) is 8.78 Å². The Hall–Kier alpha value is -2.74. The van der Waals surface area contributed by atoms with Gasteiger partial charge in [-0.15, -0.1) is 0 Å². The summed E-state index contributed by atoms with van der Waals surface area (Å²) in [6.07, 6.45) is 0. The number of nitrogens with zero attached hydrogens (tertiary/aromatic N) is 2. The molecule has 0 spiro atoms. The molecule has 0 saturated heterocycles. The van der Waals surface area contributed by atoms with Gasteiger partial charge in [-0.3, -0.25) is 0 Å². The Kier molecular flexibility index (Phi) is 3.84. The van der Waals surface area contributed by atoms with E-state index in [0.717, 1.165) is 0 Å². The lowest BCUT2D eigenvalue weighted by Crippen LogP contribution is -2.10. The van der Waals surface area contributed by atoms with Crippen LogP contribution >= 0.6 is 0 Å². The van der Waals surface area contributed by atoms with Crippen molar-refractivity contribution < 1.29 is 8.78 Å². The zero-order valence-corrected chi connectivity index (χ0v) is 9.77. The predicted octanol–water partition coefficient (Wildman–Crippen LogP) is 3.63. The predicted molar refractivity (Wildman–Crippen MR) is 69.1 cm³/mol. The molecule has 0 heterocycles. The molecule has 3 nitrogen and oxygen atoms in total. The van der Waals surface area contributed by atoms with Crippen LogP contribution in [0.25, 0.3) is 0 Å². The van der Waals surface area contributed by atoms with Crippen LogP contribution in [0.1, 0.15) is 0 Å². The van der Waals surface area contributed by atoms with Crippen LogP contribution in [0, 0.1) is 23.0 Å². The zero-order chi connectivity index (χ0) is 13.7. The summed E-state index contributed by atoms with van der Waals surface area (Å²) < 4.78 is 26.8. The number of anilines is 1. The molecule has 0 aliphatic heterocycles. The lowest BCUT2D eigenvalue weighted by molar-refractivity contribution is 0.630. The van der Waals surface area contributed by atoms with Crippen LogP contribution in [0.5, 0.6) is 0 Å². The van der Waals surface area contributed by atoms with Crippen LogP contribution < -0.4 is 5.32 Å². The van der Waals surface area contributed by atoms with Crippen molar-refractivity contribution in [3.63, 3.8) is 0 Å². The number of halogens is 2. The van der Waals surface area contributed by atoms with Gasteiger partial charge >= 0.3 is 0 Å². The van der Waals surface area contributed by atoms with Gasteiger partial charge in [0.15, 0.2) is 0 Å². The standard InChI is InChI=1S/C14H9F2N3/c15-10-5-1-3-7-12(10)18-14(9-17)19-13-8-4-2-6-11(13)16/h1-8H,(H,18,19). The second-order valence-electron chi connectivity index (χ2n) is 3.63. The van der Waals surface area contributed by atoms with Crippen molar-refractivity contribution in [2.75, 3.05) is 5.32 Å². The highest BCUT2D eigenvalue weighted by molar-refractivity contribution is 6.08. The van der Waals surface area contributed by atoms with E-state index >= 15 is 0 Å². The van der Waals surface area contributed by atoms with Gasteiger partial charge in [0, 0.05) is 0 Å². The normalized spacial score (nSPS) is 10.9. The van der Waals surface area contributed by atoms with Gasteiger partial charge in [-0.25, -0.2) is 13.8 Å². The first-order chi connectivity index (χ1) is 9.20. The Morgan fingerprint density at radius 2 is 1.63 bits per heavy atom. The summed E-state index contributed by atoms with van der Waals surface area (Å²) >= 11 is 0. The molecule has 0 bridgehead atoms. The van der Waals surface area contributed by atoms with E-state index in [1.807, 2.05) is 0 Å². The number of nitriles is 1. The molecule has 0 aromatic heterocycles. The first kappa shape index (κ1) is 12.7. The van der Waals surface area contributed by atoms with Crippen molar-refractivity contribution >= 4 is 17.2 Å². The van der Waals surface area contributed by atoms with Crippen molar-refractivity contribution in [2.24, 2.45) is 4.99 Å². The van der Waals surface area contributed by atoms with Crippen molar-refractivity contribution in [1.29, 1.82) is 5.26 Å². The highest BCUT2D eigenvalue weighted by Gasteiger charge is 2.05. The summed E-state index contributed by atoms with van der Waals surface area (Å²) in [5.41, 5.74) is 0.127. The van der Waals surface area contributed by atoms with Crippen molar-refractivity contribution in [3.05, 3.63) is 60.2 Å². The molecular formula is C14H9F2N3. The molecule has 5 heteroatoms. The van der Waals surface area contributed by atoms with Gasteiger partial charge in [0.25, 0.3) is 0 Å². The lowest BCUT2D eigenvalue weighted by Gasteiger charge is -2.05. The highest BCUT2D eigenvalue weighted by atomic mass is 19.1. The molecule has 2 rings (SSSR count). The number of hydrogen-bond donors (Lipinski definition) is 1. The minimum absolute atomic E-state index is 0.0166. The maximum Gasteiger partial charge on any atom is 0.211 e. The van der Waals surface area contributed by atoms with Crippen molar-refractivity contribution in [2.45, 2.75) is 0 Å². The van der Waals surface area contributed by atoms with Crippen LogP contribution in [0.3, 0.4) is 0 Å². The molecule has 0 saturated carbocycles. The summed E-state index contributed by atoms with van der Waals surface area (Å²) in [4.78, 5) is 3.82. The lowest BCUT2D eigenvalue weighted by atomic mass is 10.3. The quantitative estimate of drug-likeness (QED) is 0.659. The molecule has 0 atom stereocenters. The van der Waals surface area contributed by atoms with Crippen LogP contribution in [0.15, 0.2) is 53.5 Å². The van der Waals surface area contributed by atoms with Crippen LogP contribution in [-0.2, 0) is 0 Å². The molecule has 0 fully saturated rings. The van der Waals surface area contributed by atoms with Crippen LogP contribution in [-0.4, -0.2) is 5.84 Å². The van der Waals surface area contributed by atoms with Gasteiger partial charge in [-0.1, -0.05) is 24.3 Å². The van der Waals surface area contributed by atoms with Gasteiger partial charge in [0.2, 0.25) is 5.84 Å². The summed E-state index contributed by atoms with van der Waals surface area (Å²) in [5.74, 6) is -1.25. The number of benzene rings is 2.